The van der Waals surface area contributed by atoms with E-state index < -0.39 is 4.92 Å². The van der Waals surface area contributed by atoms with Gasteiger partial charge in [-0.15, -0.1) is 0 Å². The van der Waals surface area contributed by atoms with Crippen molar-refractivity contribution in [3.8, 4) is 0 Å². The van der Waals surface area contributed by atoms with Crippen molar-refractivity contribution in [2.75, 3.05) is 31.1 Å². The van der Waals surface area contributed by atoms with Gasteiger partial charge in [0.25, 0.3) is 11.6 Å². The minimum absolute atomic E-state index is 0.0231. The molecule has 3 aromatic rings. The topological polar surface area (TPSA) is 92.5 Å². The van der Waals surface area contributed by atoms with Gasteiger partial charge in [0.1, 0.15) is 5.52 Å². The molecule has 0 unspecified atom stereocenters. The van der Waals surface area contributed by atoms with Gasteiger partial charge in [-0.25, -0.2) is 0 Å². The van der Waals surface area contributed by atoms with Crippen LogP contribution in [0.3, 0.4) is 0 Å². The molecule has 4 rings (SSSR count). The summed E-state index contributed by atoms with van der Waals surface area (Å²) in [5.74, 6) is -0.115. The van der Waals surface area contributed by atoms with Crippen molar-refractivity contribution in [1.82, 2.24) is 14.9 Å². The molecule has 142 valence electrons. The number of rotatable bonds is 3. The molecule has 0 saturated carbocycles. The maximum Gasteiger partial charge on any atom is 0.269 e. The fraction of sp³-hybridized carbons (Fsp3) is 0.211. The lowest BCUT2D eigenvalue weighted by molar-refractivity contribution is -0.384. The van der Waals surface area contributed by atoms with Crippen molar-refractivity contribution in [2.24, 2.45) is 0 Å². The summed E-state index contributed by atoms with van der Waals surface area (Å²) in [5, 5.41) is 10.8. The normalized spacial score (nSPS) is 14.3. The summed E-state index contributed by atoms with van der Waals surface area (Å²) in [7, 11) is 0. The van der Waals surface area contributed by atoms with Crippen molar-refractivity contribution in [3.05, 3.63) is 68.9 Å². The monoisotopic (exact) mass is 441 g/mol. The average molecular weight is 442 g/mol. The quantitative estimate of drug-likeness (QED) is 0.457. The van der Waals surface area contributed by atoms with E-state index in [1.807, 2.05) is 12.1 Å². The highest BCUT2D eigenvalue weighted by molar-refractivity contribution is 9.10. The number of nitrogens with zero attached hydrogens (tertiary/aromatic N) is 5. The first kappa shape index (κ1) is 18.3. The fourth-order valence-corrected chi connectivity index (χ4v) is 3.62. The van der Waals surface area contributed by atoms with Crippen molar-refractivity contribution in [1.29, 1.82) is 0 Å². The van der Waals surface area contributed by atoms with E-state index in [-0.39, 0.29) is 11.6 Å². The van der Waals surface area contributed by atoms with Gasteiger partial charge in [0.05, 0.1) is 16.1 Å². The zero-order chi connectivity index (χ0) is 19.7. The van der Waals surface area contributed by atoms with Crippen LogP contribution in [0.15, 0.2) is 53.3 Å². The van der Waals surface area contributed by atoms with Crippen molar-refractivity contribution in [2.45, 2.75) is 0 Å². The Morgan fingerprint density at radius 2 is 1.79 bits per heavy atom. The summed E-state index contributed by atoms with van der Waals surface area (Å²) >= 11 is 3.41. The predicted molar refractivity (Wildman–Crippen MR) is 108 cm³/mol. The molecule has 0 bridgehead atoms. The lowest BCUT2D eigenvalue weighted by atomic mass is 10.1. The number of amides is 1. The molecule has 1 aliphatic heterocycles. The maximum atomic E-state index is 12.7. The molecule has 0 N–H and O–H groups in total. The number of piperazine rings is 1. The summed E-state index contributed by atoms with van der Waals surface area (Å²) in [4.78, 5) is 35.8. The molecule has 8 nitrogen and oxygen atoms in total. The van der Waals surface area contributed by atoms with Gasteiger partial charge in [0.15, 0.2) is 0 Å². The van der Waals surface area contributed by atoms with Crippen LogP contribution in [0.5, 0.6) is 0 Å². The second kappa shape index (κ2) is 7.51. The van der Waals surface area contributed by atoms with Crippen LogP contribution in [-0.4, -0.2) is 51.9 Å². The molecule has 1 amide bonds. The summed E-state index contributed by atoms with van der Waals surface area (Å²) < 4.78 is 0.878. The third-order valence-electron chi connectivity index (χ3n) is 4.76. The lowest BCUT2D eigenvalue weighted by Crippen LogP contribution is -2.48. The highest BCUT2D eigenvalue weighted by Gasteiger charge is 2.24. The zero-order valence-corrected chi connectivity index (χ0v) is 16.4. The molecule has 0 atom stereocenters. The van der Waals surface area contributed by atoms with Gasteiger partial charge >= 0.3 is 0 Å². The van der Waals surface area contributed by atoms with Gasteiger partial charge in [-0.1, -0.05) is 0 Å². The van der Waals surface area contributed by atoms with Crippen LogP contribution in [-0.2, 0) is 0 Å². The number of fused-ring (bicyclic) bond motifs is 1. The van der Waals surface area contributed by atoms with Gasteiger partial charge in [0, 0.05) is 60.7 Å². The van der Waals surface area contributed by atoms with Crippen LogP contribution < -0.4 is 4.90 Å². The Hall–Kier alpha value is -3.07. The van der Waals surface area contributed by atoms with E-state index in [9.17, 15) is 14.9 Å². The van der Waals surface area contributed by atoms with E-state index in [0.29, 0.717) is 31.7 Å². The number of halogens is 1. The molecule has 1 saturated heterocycles. The Kier molecular flexibility index (Phi) is 4.91. The molecule has 9 heteroatoms. The fourth-order valence-electron chi connectivity index (χ4n) is 3.31. The Bertz CT molecular complexity index is 1050. The van der Waals surface area contributed by atoms with Crippen LogP contribution in [0.1, 0.15) is 10.4 Å². The molecule has 1 aromatic carbocycles. The third-order valence-corrected chi connectivity index (χ3v) is 5.19. The molecular weight excluding hydrogens is 426 g/mol. The SMILES string of the molecule is O=C(c1ccc([N+](=O)[O-])cc1)N1CCN(c2ccnc3cc(Br)cnc23)CC1. The second-order valence-electron chi connectivity index (χ2n) is 6.43. The molecule has 28 heavy (non-hydrogen) atoms. The number of aromatic nitrogens is 2. The van der Waals surface area contributed by atoms with Gasteiger partial charge in [0.2, 0.25) is 0 Å². The predicted octanol–water partition coefficient (Wildman–Crippen LogP) is 3.26. The first-order valence-corrected chi connectivity index (χ1v) is 9.51. The number of carbonyl (C=O) groups is 1. The van der Waals surface area contributed by atoms with E-state index in [2.05, 4.69) is 30.8 Å². The number of benzene rings is 1. The van der Waals surface area contributed by atoms with Crippen LogP contribution in [0.25, 0.3) is 11.0 Å². The smallest absolute Gasteiger partial charge is 0.269 e. The number of hydrogen-bond donors (Lipinski definition) is 0. The van der Waals surface area contributed by atoms with E-state index in [4.69, 9.17) is 0 Å². The number of carbonyl (C=O) groups excluding carboxylic acids is 1. The van der Waals surface area contributed by atoms with Crippen molar-refractivity contribution in [3.63, 3.8) is 0 Å². The zero-order valence-electron chi connectivity index (χ0n) is 14.8. The molecule has 0 spiro atoms. The number of pyridine rings is 2. The first-order chi connectivity index (χ1) is 13.5. The van der Waals surface area contributed by atoms with E-state index in [0.717, 1.165) is 21.2 Å². The highest BCUT2D eigenvalue weighted by Crippen LogP contribution is 2.26. The van der Waals surface area contributed by atoms with Crippen molar-refractivity contribution < 1.29 is 9.72 Å². The largest absolute Gasteiger partial charge is 0.366 e. The van der Waals surface area contributed by atoms with Gasteiger partial charge in [-0.3, -0.25) is 24.9 Å². The standard InChI is InChI=1S/C19H16BrN5O3/c20-14-11-16-18(22-12-14)17(5-6-21-16)23-7-9-24(10-8-23)19(26)13-1-3-15(4-2-13)25(27)28/h1-6,11-12H,7-10H2. The minimum atomic E-state index is -0.474. The Morgan fingerprint density at radius 1 is 1.07 bits per heavy atom. The van der Waals surface area contributed by atoms with Crippen LogP contribution in [0.2, 0.25) is 0 Å². The number of hydrogen-bond acceptors (Lipinski definition) is 6. The van der Waals surface area contributed by atoms with Gasteiger partial charge < -0.3 is 9.80 Å². The number of nitro groups is 1. The number of nitro benzene ring substituents is 1. The van der Waals surface area contributed by atoms with E-state index >= 15 is 0 Å². The maximum absolute atomic E-state index is 12.7. The first-order valence-electron chi connectivity index (χ1n) is 8.72. The summed E-state index contributed by atoms with van der Waals surface area (Å²) in [5.41, 5.74) is 3.09. The van der Waals surface area contributed by atoms with Crippen LogP contribution in [0, 0.1) is 10.1 Å². The molecular formula is C19H16BrN5O3. The average Bonchev–Trinajstić information content (AvgIpc) is 2.73. The highest BCUT2D eigenvalue weighted by atomic mass is 79.9. The molecule has 0 radical (unpaired) electrons. The molecule has 3 heterocycles. The molecule has 1 aliphatic rings. The minimum Gasteiger partial charge on any atom is -0.366 e. The summed E-state index contributed by atoms with van der Waals surface area (Å²) in [6.07, 6.45) is 3.52. The summed E-state index contributed by atoms with van der Waals surface area (Å²) in [6.45, 7) is 2.48. The third kappa shape index (κ3) is 3.53. The molecule has 1 fully saturated rings. The van der Waals surface area contributed by atoms with Gasteiger partial charge in [-0.2, -0.15) is 0 Å². The van der Waals surface area contributed by atoms with E-state index in [1.54, 1.807) is 17.3 Å². The Morgan fingerprint density at radius 3 is 2.46 bits per heavy atom. The van der Waals surface area contributed by atoms with E-state index in [1.165, 1.54) is 24.3 Å². The second-order valence-corrected chi connectivity index (χ2v) is 7.35. The summed E-state index contributed by atoms with van der Waals surface area (Å²) in [6, 6.07) is 9.60. The molecule has 2 aromatic heterocycles. The number of anilines is 1. The van der Waals surface area contributed by atoms with Crippen LogP contribution >= 0.6 is 15.9 Å². The number of non-ortho nitro benzene ring substituents is 1. The van der Waals surface area contributed by atoms with Crippen LogP contribution in [0.4, 0.5) is 11.4 Å². The Labute approximate surface area is 169 Å². The molecule has 0 aliphatic carbocycles. The lowest BCUT2D eigenvalue weighted by Gasteiger charge is -2.36. The van der Waals surface area contributed by atoms with Crippen molar-refractivity contribution >= 4 is 44.2 Å². The Balaban J connectivity index is 1.47. The van der Waals surface area contributed by atoms with Gasteiger partial charge in [-0.05, 0) is 40.2 Å².